The number of benzene rings is 5. The Balaban J connectivity index is 1.52. The van der Waals surface area contributed by atoms with Gasteiger partial charge in [-0.25, -0.2) is 4.98 Å². The van der Waals surface area contributed by atoms with Crippen LogP contribution in [0.5, 0.6) is 0 Å². The molecule has 2 heterocycles. The number of thiazole rings is 1. The summed E-state index contributed by atoms with van der Waals surface area (Å²) in [5.74, 6) is 0. The number of aromatic nitrogens is 1. The van der Waals surface area contributed by atoms with Gasteiger partial charge in [-0.15, -0.1) is 11.3 Å². The van der Waals surface area contributed by atoms with Crippen LogP contribution in [0.25, 0.3) is 65.0 Å². The zero-order valence-electron chi connectivity index (χ0n) is 18.7. The zero-order chi connectivity index (χ0) is 23.4. The molecule has 0 radical (unpaired) electrons. The molecule has 35 heavy (non-hydrogen) atoms. The van der Waals surface area contributed by atoms with E-state index in [9.17, 15) is 0 Å². The second kappa shape index (κ2) is 7.83. The van der Waals surface area contributed by atoms with E-state index < -0.39 is 0 Å². The number of fused-ring (bicyclic) bond motifs is 4. The minimum atomic E-state index is 0.736. The molecule has 7 aromatic rings. The van der Waals surface area contributed by atoms with Gasteiger partial charge in [0.05, 0.1) is 10.2 Å². The van der Waals surface area contributed by atoms with Gasteiger partial charge in [0.2, 0.25) is 0 Å². The molecule has 0 unspecified atom stereocenters. The third-order valence-electron chi connectivity index (χ3n) is 6.49. The number of hydrogen-bond acceptors (Lipinski definition) is 4. The normalized spacial score (nSPS) is 11.5. The van der Waals surface area contributed by atoms with Crippen LogP contribution >= 0.6 is 11.3 Å². The van der Waals surface area contributed by atoms with Crippen molar-refractivity contribution in [2.75, 3.05) is 5.73 Å². The van der Waals surface area contributed by atoms with Crippen molar-refractivity contribution < 1.29 is 4.42 Å². The molecular formula is C31H20N2OS. The molecule has 0 spiro atoms. The van der Waals surface area contributed by atoms with E-state index >= 15 is 0 Å². The molecule has 0 saturated carbocycles. The van der Waals surface area contributed by atoms with E-state index in [1.54, 1.807) is 11.3 Å². The molecule has 166 valence electrons. The van der Waals surface area contributed by atoms with E-state index in [4.69, 9.17) is 15.1 Å². The van der Waals surface area contributed by atoms with Crippen LogP contribution in [0, 0.1) is 0 Å². The fourth-order valence-electron chi connectivity index (χ4n) is 4.80. The van der Waals surface area contributed by atoms with Crippen molar-refractivity contribution in [3.05, 3.63) is 109 Å². The number of anilines is 1. The van der Waals surface area contributed by atoms with Crippen LogP contribution < -0.4 is 5.73 Å². The third kappa shape index (κ3) is 3.22. The van der Waals surface area contributed by atoms with Crippen molar-refractivity contribution in [2.45, 2.75) is 0 Å². The summed E-state index contributed by atoms with van der Waals surface area (Å²) in [5.41, 5.74) is 15.2. The summed E-state index contributed by atoms with van der Waals surface area (Å²) in [6.45, 7) is 0. The monoisotopic (exact) mass is 468 g/mol. The van der Waals surface area contributed by atoms with Gasteiger partial charge in [-0.05, 0) is 41.5 Å². The minimum Gasteiger partial charge on any atom is -0.455 e. The fourth-order valence-corrected chi connectivity index (χ4v) is 5.88. The molecule has 2 aromatic heterocycles. The molecule has 0 aliphatic carbocycles. The van der Waals surface area contributed by atoms with Crippen molar-refractivity contribution in [1.82, 2.24) is 4.98 Å². The SMILES string of the molecule is Nc1ccccc1-c1nc2c(-c3ccccc3)cc(-c3cccc4c3oc3ccccc34)cc2s1. The number of rotatable bonds is 3. The lowest BCUT2D eigenvalue weighted by molar-refractivity contribution is 0.670. The Kier molecular flexibility index (Phi) is 4.47. The first-order valence-electron chi connectivity index (χ1n) is 11.5. The average Bonchev–Trinajstić information content (AvgIpc) is 3.50. The minimum absolute atomic E-state index is 0.736. The largest absolute Gasteiger partial charge is 0.455 e. The Morgan fingerprint density at radius 1 is 0.629 bits per heavy atom. The maximum absolute atomic E-state index is 6.36. The Hall–Kier alpha value is -4.41. The second-order valence-corrected chi connectivity index (χ2v) is 9.65. The lowest BCUT2D eigenvalue weighted by Crippen LogP contribution is -1.88. The van der Waals surface area contributed by atoms with E-state index in [0.29, 0.717) is 0 Å². The summed E-state index contributed by atoms with van der Waals surface area (Å²) in [4.78, 5) is 5.07. The molecule has 0 fully saturated rings. The van der Waals surface area contributed by atoms with Crippen LogP contribution in [0.15, 0.2) is 114 Å². The van der Waals surface area contributed by atoms with E-state index in [-0.39, 0.29) is 0 Å². The zero-order valence-corrected chi connectivity index (χ0v) is 19.5. The Morgan fingerprint density at radius 3 is 2.26 bits per heavy atom. The van der Waals surface area contributed by atoms with Crippen LogP contribution in [0.4, 0.5) is 5.69 Å². The van der Waals surface area contributed by atoms with E-state index in [1.165, 1.54) is 0 Å². The van der Waals surface area contributed by atoms with Gasteiger partial charge in [-0.1, -0.05) is 78.9 Å². The number of nitrogens with zero attached hydrogens (tertiary/aromatic N) is 1. The van der Waals surface area contributed by atoms with Gasteiger partial charge in [0.1, 0.15) is 16.2 Å². The molecule has 0 aliphatic rings. The molecule has 4 heteroatoms. The van der Waals surface area contributed by atoms with Crippen molar-refractivity contribution in [1.29, 1.82) is 0 Å². The lowest BCUT2D eigenvalue weighted by atomic mass is 9.97. The van der Waals surface area contributed by atoms with E-state index in [2.05, 4.69) is 66.7 Å². The van der Waals surface area contributed by atoms with Crippen molar-refractivity contribution in [2.24, 2.45) is 0 Å². The van der Waals surface area contributed by atoms with Crippen LogP contribution in [-0.4, -0.2) is 4.98 Å². The maximum Gasteiger partial charge on any atom is 0.143 e. The summed E-state index contributed by atoms with van der Waals surface area (Å²) in [6.07, 6.45) is 0. The summed E-state index contributed by atoms with van der Waals surface area (Å²) in [7, 11) is 0. The molecule has 0 atom stereocenters. The van der Waals surface area contributed by atoms with Gasteiger partial charge in [-0.2, -0.15) is 0 Å². The Bertz CT molecular complexity index is 1860. The fraction of sp³-hybridized carbons (Fsp3) is 0. The molecule has 0 bridgehead atoms. The van der Waals surface area contributed by atoms with Crippen LogP contribution in [0.3, 0.4) is 0 Å². The standard InChI is InChI=1S/C31H20N2OS/c32-26-15-6-4-12-24(26)31-33-29-25(19-9-2-1-3-10-19)17-20(18-28(29)35-31)21-13-8-14-23-22-11-5-7-16-27(22)34-30(21)23/h1-18H,32H2. The first kappa shape index (κ1) is 20.0. The number of para-hydroxylation sites is 3. The Morgan fingerprint density at radius 2 is 1.37 bits per heavy atom. The third-order valence-corrected chi connectivity index (χ3v) is 7.52. The van der Waals surface area contributed by atoms with Gasteiger partial charge in [-0.3, -0.25) is 0 Å². The first-order valence-corrected chi connectivity index (χ1v) is 12.3. The summed E-state index contributed by atoms with van der Waals surface area (Å²) >= 11 is 1.67. The number of hydrogen-bond donors (Lipinski definition) is 1. The lowest BCUT2D eigenvalue weighted by Gasteiger charge is -2.08. The van der Waals surface area contributed by atoms with Crippen molar-refractivity contribution in [3.63, 3.8) is 0 Å². The highest BCUT2D eigenvalue weighted by Gasteiger charge is 2.17. The molecule has 0 amide bonds. The summed E-state index contributed by atoms with van der Waals surface area (Å²) < 4.78 is 7.48. The highest BCUT2D eigenvalue weighted by molar-refractivity contribution is 7.21. The highest BCUT2D eigenvalue weighted by atomic mass is 32.1. The average molecular weight is 469 g/mol. The van der Waals surface area contributed by atoms with Gasteiger partial charge in [0.15, 0.2) is 0 Å². The predicted octanol–water partition coefficient (Wildman–Crippen LogP) is 8.78. The molecule has 3 nitrogen and oxygen atoms in total. The number of nitrogens with two attached hydrogens (primary N) is 1. The summed E-state index contributed by atoms with van der Waals surface area (Å²) in [5, 5.41) is 3.18. The molecule has 7 rings (SSSR count). The second-order valence-electron chi connectivity index (χ2n) is 8.62. The van der Waals surface area contributed by atoms with Gasteiger partial charge in [0, 0.05) is 33.2 Å². The maximum atomic E-state index is 6.36. The van der Waals surface area contributed by atoms with Crippen molar-refractivity contribution >= 4 is 49.2 Å². The topological polar surface area (TPSA) is 52.0 Å². The molecule has 5 aromatic carbocycles. The quantitative estimate of drug-likeness (QED) is 0.264. The van der Waals surface area contributed by atoms with Crippen molar-refractivity contribution in [3.8, 4) is 32.8 Å². The van der Waals surface area contributed by atoms with Crippen LogP contribution in [0.2, 0.25) is 0 Å². The van der Waals surface area contributed by atoms with E-state index in [0.717, 1.165) is 70.7 Å². The summed E-state index contributed by atoms with van der Waals surface area (Å²) in [6, 6.07) is 37.4. The smallest absolute Gasteiger partial charge is 0.143 e. The van der Waals surface area contributed by atoms with Crippen LogP contribution in [-0.2, 0) is 0 Å². The molecule has 0 aliphatic heterocycles. The Labute approximate surface area is 206 Å². The van der Waals surface area contributed by atoms with Crippen LogP contribution in [0.1, 0.15) is 0 Å². The van der Waals surface area contributed by atoms with Gasteiger partial charge in [0.25, 0.3) is 0 Å². The highest BCUT2D eigenvalue weighted by Crippen LogP contribution is 2.42. The first-order chi connectivity index (χ1) is 17.3. The molecular weight excluding hydrogens is 448 g/mol. The predicted molar refractivity (Wildman–Crippen MR) is 148 cm³/mol. The van der Waals surface area contributed by atoms with Gasteiger partial charge < -0.3 is 10.2 Å². The number of nitrogen functional groups attached to an aromatic ring is 1. The van der Waals surface area contributed by atoms with Gasteiger partial charge >= 0.3 is 0 Å². The number of furan rings is 1. The molecule has 0 saturated heterocycles. The van der Waals surface area contributed by atoms with E-state index in [1.807, 2.05) is 42.5 Å². The molecule has 2 N–H and O–H groups in total.